The summed E-state index contributed by atoms with van der Waals surface area (Å²) in [5, 5.41) is 13.1. The Bertz CT molecular complexity index is 416. The molecule has 1 aliphatic heterocycles. The van der Waals surface area contributed by atoms with Gasteiger partial charge in [-0.25, -0.2) is 0 Å². The van der Waals surface area contributed by atoms with Crippen LogP contribution in [0.5, 0.6) is 5.75 Å². The van der Waals surface area contributed by atoms with Crippen LogP contribution in [0.1, 0.15) is 39.2 Å². The van der Waals surface area contributed by atoms with Gasteiger partial charge < -0.3 is 10.4 Å². The minimum Gasteiger partial charge on any atom is -0.508 e. The van der Waals surface area contributed by atoms with Gasteiger partial charge in [0.05, 0.1) is 0 Å². The molecule has 0 saturated carbocycles. The SMILES string of the molecule is CC(CCc1ccc(O)cc1)NC1CSCC(C)(C)C1. The number of hydrogen-bond donors (Lipinski definition) is 2. The third kappa shape index (κ3) is 5.02. The number of phenols is 1. The van der Waals surface area contributed by atoms with Gasteiger partial charge in [-0.3, -0.25) is 0 Å². The van der Waals surface area contributed by atoms with Gasteiger partial charge in [0.15, 0.2) is 0 Å². The van der Waals surface area contributed by atoms with Crippen molar-refractivity contribution in [3.05, 3.63) is 29.8 Å². The summed E-state index contributed by atoms with van der Waals surface area (Å²) < 4.78 is 0. The summed E-state index contributed by atoms with van der Waals surface area (Å²) >= 11 is 2.08. The molecular formula is C17H27NOS. The van der Waals surface area contributed by atoms with Crippen molar-refractivity contribution in [2.24, 2.45) is 5.41 Å². The molecule has 2 nitrogen and oxygen atoms in total. The van der Waals surface area contributed by atoms with E-state index in [9.17, 15) is 5.11 Å². The van der Waals surface area contributed by atoms with E-state index in [4.69, 9.17) is 0 Å². The van der Waals surface area contributed by atoms with Crippen LogP contribution < -0.4 is 5.32 Å². The first-order valence-corrected chi connectivity index (χ1v) is 8.72. The standard InChI is InChI=1S/C17H27NOS/c1-13(4-5-14-6-8-16(19)9-7-14)18-15-10-17(2,3)12-20-11-15/h6-9,13,15,18-19H,4-5,10-12H2,1-3H3. The molecule has 1 saturated heterocycles. The Morgan fingerprint density at radius 2 is 2.05 bits per heavy atom. The third-order valence-corrected chi connectivity index (χ3v) is 5.56. The molecule has 0 radical (unpaired) electrons. The van der Waals surface area contributed by atoms with Crippen LogP contribution in [0.2, 0.25) is 0 Å². The number of aromatic hydroxyl groups is 1. The molecule has 0 bridgehead atoms. The number of rotatable bonds is 5. The van der Waals surface area contributed by atoms with Crippen molar-refractivity contribution in [1.82, 2.24) is 5.32 Å². The minimum atomic E-state index is 0.349. The van der Waals surface area contributed by atoms with Crippen molar-refractivity contribution in [3.8, 4) is 5.75 Å². The first-order valence-electron chi connectivity index (χ1n) is 7.56. The van der Waals surface area contributed by atoms with E-state index in [1.54, 1.807) is 12.1 Å². The van der Waals surface area contributed by atoms with Gasteiger partial charge >= 0.3 is 0 Å². The lowest BCUT2D eigenvalue weighted by Gasteiger charge is -2.36. The summed E-state index contributed by atoms with van der Waals surface area (Å²) in [6.07, 6.45) is 3.49. The van der Waals surface area contributed by atoms with E-state index in [1.165, 1.54) is 23.5 Å². The first kappa shape index (κ1) is 15.7. The number of benzene rings is 1. The average molecular weight is 293 g/mol. The van der Waals surface area contributed by atoms with Gasteiger partial charge in [-0.15, -0.1) is 0 Å². The van der Waals surface area contributed by atoms with E-state index in [1.807, 2.05) is 12.1 Å². The van der Waals surface area contributed by atoms with Crippen LogP contribution in [0, 0.1) is 5.41 Å². The number of aryl methyl sites for hydroxylation is 1. The summed E-state index contributed by atoms with van der Waals surface area (Å²) in [5.74, 6) is 2.88. The zero-order valence-electron chi connectivity index (χ0n) is 12.9. The Balaban J connectivity index is 1.75. The summed E-state index contributed by atoms with van der Waals surface area (Å²) in [6, 6.07) is 8.77. The molecule has 20 heavy (non-hydrogen) atoms. The molecular weight excluding hydrogens is 266 g/mol. The monoisotopic (exact) mass is 293 g/mol. The third-order valence-electron chi connectivity index (χ3n) is 3.93. The van der Waals surface area contributed by atoms with Crippen LogP contribution in [0.4, 0.5) is 0 Å². The maximum atomic E-state index is 9.28. The number of nitrogens with one attached hydrogen (secondary N) is 1. The van der Waals surface area contributed by atoms with E-state index in [0.29, 0.717) is 23.2 Å². The second kappa shape index (κ2) is 6.86. The zero-order chi connectivity index (χ0) is 14.6. The molecule has 1 aromatic carbocycles. The fourth-order valence-corrected chi connectivity index (χ4v) is 4.19. The smallest absolute Gasteiger partial charge is 0.115 e. The lowest BCUT2D eigenvalue weighted by Crippen LogP contribution is -2.44. The molecule has 3 heteroatoms. The number of hydrogen-bond acceptors (Lipinski definition) is 3. The highest BCUT2D eigenvalue weighted by Gasteiger charge is 2.28. The normalized spacial score (nSPS) is 23.4. The summed E-state index contributed by atoms with van der Waals surface area (Å²) in [6.45, 7) is 7.02. The first-order chi connectivity index (χ1) is 9.44. The molecule has 0 aliphatic carbocycles. The van der Waals surface area contributed by atoms with Crippen molar-refractivity contribution in [2.75, 3.05) is 11.5 Å². The predicted molar refractivity (Wildman–Crippen MR) is 88.5 cm³/mol. The molecule has 2 rings (SSSR count). The van der Waals surface area contributed by atoms with Crippen molar-refractivity contribution >= 4 is 11.8 Å². The highest BCUT2D eigenvalue weighted by atomic mass is 32.2. The van der Waals surface area contributed by atoms with Gasteiger partial charge in [-0.1, -0.05) is 26.0 Å². The molecule has 1 aromatic rings. The van der Waals surface area contributed by atoms with Crippen molar-refractivity contribution in [2.45, 2.75) is 52.1 Å². The van der Waals surface area contributed by atoms with Crippen LogP contribution in [-0.4, -0.2) is 28.7 Å². The molecule has 1 fully saturated rings. The Labute approximate surface area is 127 Å². The van der Waals surface area contributed by atoms with E-state index < -0.39 is 0 Å². The largest absolute Gasteiger partial charge is 0.508 e. The quantitative estimate of drug-likeness (QED) is 0.865. The van der Waals surface area contributed by atoms with Crippen LogP contribution >= 0.6 is 11.8 Å². The molecule has 0 spiro atoms. The summed E-state index contributed by atoms with van der Waals surface area (Å²) in [5.41, 5.74) is 1.77. The van der Waals surface area contributed by atoms with Gasteiger partial charge in [0, 0.05) is 17.8 Å². The summed E-state index contributed by atoms with van der Waals surface area (Å²) in [7, 11) is 0. The van der Waals surface area contributed by atoms with E-state index in [0.717, 1.165) is 12.8 Å². The van der Waals surface area contributed by atoms with E-state index in [2.05, 4.69) is 37.8 Å². The van der Waals surface area contributed by atoms with E-state index in [-0.39, 0.29) is 0 Å². The Morgan fingerprint density at radius 1 is 1.35 bits per heavy atom. The van der Waals surface area contributed by atoms with Crippen molar-refractivity contribution in [1.29, 1.82) is 0 Å². The Hall–Kier alpha value is -0.670. The molecule has 0 amide bonds. The lowest BCUT2D eigenvalue weighted by atomic mass is 9.87. The molecule has 2 unspecified atom stereocenters. The fourth-order valence-electron chi connectivity index (χ4n) is 2.90. The molecule has 0 aromatic heterocycles. The van der Waals surface area contributed by atoms with Crippen LogP contribution in [0.15, 0.2) is 24.3 Å². The van der Waals surface area contributed by atoms with Crippen LogP contribution in [-0.2, 0) is 6.42 Å². The average Bonchev–Trinajstić information content (AvgIpc) is 2.37. The molecule has 1 heterocycles. The maximum absolute atomic E-state index is 9.28. The zero-order valence-corrected chi connectivity index (χ0v) is 13.7. The van der Waals surface area contributed by atoms with Gasteiger partial charge in [0.1, 0.15) is 5.75 Å². The van der Waals surface area contributed by atoms with Crippen LogP contribution in [0.25, 0.3) is 0 Å². The molecule has 112 valence electrons. The van der Waals surface area contributed by atoms with Gasteiger partial charge in [0.25, 0.3) is 0 Å². The second-order valence-corrected chi connectivity index (χ2v) is 7.88. The lowest BCUT2D eigenvalue weighted by molar-refractivity contribution is 0.300. The maximum Gasteiger partial charge on any atom is 0.115 e. The molecule has 2 N–H and O–H groups in total. The van der Waals surface area contributed by atoms with Gasteiger partial charge in [-0.05, 0) is 55.1 Å². The minimum absolute atomic E-state index is 0.349. The fraction of sp³-hybridized carbons (Fsp3) is 0.647. The van der Waals surface area contributed by atoms with Crippen molar-refractivity contribution in [3.63, 3.8) is 0 Å². The molecule has 2 atom stereocenters. The topological polar surface area (TPSA) is 32.3 Å². The van der Waals surface area contributed by atoms with Gasteiger partial charge in [-0.2, -0.15) is 11.8 Å². The van der Waals surface area contributed by atoms with Gasteiger partial charge in [0.2, 0.25) is 0 Å². The van der Waals surface area contributed by atoms with E-state index >= 15 is 0 Å². The van der Waals surface area contributed by atoms with Crippen molar-refractivity contribution < 1.29 is 5.11 Å². The number of phenolic OH excluding ortho intramolecular Hbond substituents is 1. The second-order valence-electron chi connectivity index (χ2n) is 6.85. The highest BCUT2D eigenvalue weighted by molar-refractivity contribution is 7.99. The molecule has 1 aliphatic rings. The Morgan fingerprint density at radius 3 is 2.70 bits per heavy atom. The highest BCUT2D eigenvalue weighted by Crippen LogP contribution is 2.33. The number of thioether (sulfide) groups is 1. The predicted octanol–water partition coefficient (Wildman–Crippen LogP) is 3.83. The van der Waals surface area contributed by atoms with Crippen LogP contribution in [0.3, 0.4) is 0 Å². The Kier molecular flexibility index (Phi) is 5.39. The summed E-state index contributed by atoms with van der Waals surface area (Å²) in [4.78, 5) is 0.